The van der Waals surface area contributed by atoms with Crippen LogP contribution in [0.5, 0.6) is 5.75 Å². The summed E-state index contributed by atoms with van der Waals surface area (Å²) in [5.41, 5.74) is 8.03. The van der Waals surface area contributed by atoms with E-state index in [0.717, 1.165) is 5.56 Å². The van der Waals surface area contributed by atoms with Gasteiger partial charge in [-0.2, -0.15) is 0 Å². The Morgan fingerprint density at radius 2 is 1.86 bits per heavy atom. The van der Waals surface area contributed by atoms with Crippen LogP contribution < -0.4 is 10.5 Å². The molecule has 0 saturated carbocycles. The topological polar surface area (TPSA) is 52.3 Å². The summed E-state index contributed by atoms with van der Waals surface area (Å²) in [4.78, 5) is 11.9. The van der Waals surface area contributed by atoms with Crippen molar-refractivity contribution < 1.29 is 9.53 Å². The van der Waals surface area contributed by atoms with Crippen LogP contribution in [0.25, 0.3) is 0 Å². The number of anilines is 1. The molecule has 4 heteroatoms. The van der Waals surface area contributed by atoms with E-state index >= 15 is 0 Å². The second-order valence-corrected chi connectivity index (χ2v) is 5.62. The number of rotatable bonds is 5. The molecule has 0 radical (unpaired) electrons. The predicted octanol–water partition coefficient (Wildman–Crippen LogP) is 4.34. The molecule has 0 unspecified atom stereocenters. The number of hydrogen-bond donors (Lipinski definition) is 1. The molecular formula is C17H18ClNO2. The third-order valence-corrected chi connectivity index (χ3v) is 3.38. The highest BCUT2D eigenvalue weighted by Crippen LogP contribution is 2.25. The first-order chi connectivity index (χ1) is 9.97. The van der Waals surface area contributed by atoms with E-state index in [4.69, 9.17) is 22.1 Å². The van der Waals surface area contributed by atoms with Gasteiger partial charge in [0.15, 0.2) is 5.78 Å². The van der Waals surface area contributed by atoms with Gasteiger partial charge < -0.3 is 10.5 Å². The number of benzene rings is 2. The second kappa shape index (κ2) is 6.64. The molecule has 0 amide bonds. The van der Waals surface area contributed by atoms with Gasteiger partial charge in [0.1, 0.15) is 12.4 Å². The summed E-state index contributed by atoms with van der Waals surface area (Å²) >= 11 is 5.83. The molecule has 0 aliphatic heterocycles. The molecule has 0 aromatic heterocycles. The van der Waals surface area contributed by atoms with Crippen molar-refractivity contribution in [3.63, 3.8) is 0 Å². The Morgan fingerprint density at radius 3 is 2.43 bits per heavy atom. The number of ether oxygens (including phenoxy) is 1. The third kappa shape index (κ3) is 3.99. The standard InChI is InChI=1S/C17H18ClNO2/c1-11(2)17(20)13-5-8-16(15(19)9-13)21-10-12-3-6-14(18)7-4-12/h3-9,11H,10,19H2,1-2H3. The van der Waals surface area contributed by atoms with Crippen LogP contribution in [0.15, 0.2) is 42.5 Å². The summed E-state index contributed by atoms with van der Waals surface area (Å²) in [5, 5.41) is 0.690. The Morgan fingerprint density at radius 1 is 1.19 bits per heavy atom. The molecule has 0 heterocycles. The van der Waals surface area contributed by atoms with Gasteiger partial charge in [0, 0.05) is 16.5 Å². The normalized spacial score (nSPS) is 10.7. The molecule has 110 valence electrons. The van der Waals surface area contributed by atoms with Crippen LogP contribution in [0.3, 0.4) is 0 Å². The predicted molar refractivity (Wildman–Crippen MR) is 85.8 cm³/mol. The van der Waals surface area contributed by atoms with Crippen LogP contribution in [-0.4, -0.2) is 5.78 Å². The number of carbonyl (C=O) groups is 1. The van der Waals surface area contributed by atoms with Crippen molar-refractivity contribution >= 4 is 23.1 Å². The van der Waals surface area contributed by atoms with Gasteiger partial charge in [-0.3, -0.25) is 4.79 Å². The molecule has 2 N–H and O–H groups in total. The molecule has 0 saturated heterocycles. The number of halogens is 1. The molecule has 0 bridgehead atoms. The van der Waals surface area contributed by atoms with Gasteiger partial charge in [0.05, 0.1) is 5.69 Å². The first-order valence-electron chi connectivity index (χ1n) is 6.78. The summed E-state index contributed by atoms with van der Waals surface area (Å²) in [6.45, 7) is 4.13. The lowest BCUT2D eigenvalue weighted by molar-refractivity contribution is 0.0939. The largest absolute Gasteiger partial charge is 0.487 e. The fourth-order valence-corrected chi connectivity index (χ4v) is 2.03. The Bertz CT molecular complexity index is 636. The van der Waals surface area contributed by atoms with Crippen molar-refractivity contribution in [2.24, 2.45) is 5.92 Å². The minimum absolute atomic E-state index is 0.0507. The van der Waals surface area contributed by atoms with Crippen molar-refractivity contribution in [3.8, 4) is 5.75 Å². The van der Waals surface area contributed by atoms with Crippen LogP contribution in [0.1, 0.15) is 29.8 Å². The first-order valence-corrected chi connectivity index (χ1v) is 7.16. The highest BCUT2D eigenvalue weighted by atomic mass is 35.5. The van der Waals surface area contributed by atoms with Gasteiger partial charge in [-0.25, -0.2) is 0 Å². The van der Waals surface area contributed by atoms with Crippen molar-refractivity contribution in [2.75, 3.05) is 5.73 Å². The van der Waals surface area contributed by atoms with Gasteiger partial charge in [-0.05, 0) is 35.9 Å². The van der Waals surface area contributed by atoms with Gasteiger partial charge in [-0.15, -0.1) is 0 Å². The number of hydrogen-bond acceptors (Lipinski definition) is 3. The number of Topliss-reactive ketones (excluding diaryl/α,β-unsaturated/α-hetero) is 1. The van der Waals surface area contributed by atoms with Gasteiger partial charge >= 0.3 is 0 Å². The highest BCUT2D eigenvalue weighted by Gasteiger charge is 2.12. The van der Waals surface area contributed by atoms with Crippen LogP contribution >= 0.6 is 11.6 Å². The molecule has 0 fully saturated rings. The van der Waals surface area contributed by atoms with Crippen LogP contribution in [0, 0.1) is 5.92 Å². The van der Waals surface area contributed by atoms with Crippen LogP contribution in [0.2, 0.25) is 5.02 Å². The summed E-state index contributed by atoms with van der Waals surface area (Å²) in [6.07, 6.45) is 0. The van der Waals surface area contributed by atoms with Crippen molar-refractivity contribution in [1.82, 2.24) is 0 Å². The van der Waals surface area contributed by atoms with E-state index in [1.54, 1.807) is 18.2 Å². The molecule has 0 aliphatic rings. The van der Waals surface area contributed by atoms with E-state index < -0.39 is 0 Å². The Kier molecular flexibility index (Phi) is 4.86. The van der Waals surface area contributed by atoms with E-state index in [0.29, 0.717) is 28.6 Å². The molecule has 21 heavy (non-hydrogen) atoms. The van der Waals surface area contributed by atoms with Gasteiger partial charge in [-0.1, -0.05) is 37.6 Å². The van der Waals surface area contributed by atoms with E-state index in [-0.39, 0.29) is 11.7 Å². The first kappa shape index (κ1) is 15.4. The Labute approximate surface area is 129 Å². The number of carbonyl (C=O) groups excluding carboxylic acids is 1. The SMILES string of the molecule is CC(C)C(=O)c1ccc(OCc2ccc(Cl)cc2)c(N)c1. The molecule has 2 aromatic rings. The van der Waals surface area contributed by atoms with Gasteiger partial charge in [0.2, 0.25) is 0 Å². The quantitative estimate of drug-likeness (QED) is 0.660. The summed E-state index contributed by atoms with van der Waals surface area (Å²) in [6, 6.07) is 12.6. The Hall–Kier alpha value is -2.00. The number of nitrogen functional groups attached to an aromatic ring is 1. The fraction of sp³-hybridized carbons (Fsp3) is 0.235. The maximum absolute atomic E-state index is 11.9. The molecule has 0 spiro atoms. The average molecular weight is 304 g/mol. The number of nitrogens with two attached hydrogens (primary N) is 1. The summed E-state index contributed by atoms with van der Waals surface area (Å²) < 4.78 is 5.68. The second-order valence-electron chi connectivity index (χ2n) is 5.19. The lowest BCUT2D eigenvalue weighted by atomic mass is 10.0. The van der Waals surface area contributed by atoms with Crippen molar-refractivity contribution in [1.29, 1.82) is 0 Å². The van der Waals surface area contributed by atoms with E-state index in [1.165, 1.54) is 0 Å². The molecular weight excluding hydrogens is 286 g/mol. The van der Waals surface area contributed by atoms with E-state index in [9.17, 15) is 4.79 Å². The molecule has 3 nitrogen and oxygen atoms in total. The minimum Gasteiger partial charge on any atom is -0.487 e. The molecule has 2 aromatic carbocycles. The lowest BCUT2D eigenvalue weighted by Gasteiger charge is -2.11. The summed E-state index contributed by atoms with van der Waals surface area (Å²) in [5.74, 6) is 0.599. The smallest absolute Gasteiger partial charge is 0.165 e. The lowest BCUT2D eigenvalue weighted by Crippen LogP contribution is -2.08. The Balaban J connectivity index is 2.07. The maximum atomic E-state index is 11.9. The molecule has 0 aliphatic carbocycles. The van der Waals surface area contributed by atoms with Crippen LogP contribution in [0.4, 0.5) is 5.69 Å². The van der Waals surface area contributed by atoms with Gasteiger partial charge in [0.25, 0.3) is 0 Å². The zero-order valence-corrected chi connectivity index (χ0v) is 12.9. The maximum Gasteiger partial charge on any atom is 0.165 e. The highest BCUT2D eigenvalue weighted by molar-refractivity contribution is 6.30. The van der Waals surface area contributed by atoms with Crippen LogP contribution in [-0.2, 0) is 6.61 Å². The zero-order chi connectivity index (χ0) is 15.4. The number of ketones is 1. The van der Waals surface area contributed by atoms with Crippen molar-refractivity contribution in [3.05, 3.63) is 58.6 Å². The fourth-order valence-electron chi connectivity index (χ4n) is 1.91. The van der Waals surface area contributed by atoms with E-state index in [2.05, 4.69) is 0 Å². The summed E-state index contributed by atoms with van der Waals surface area (Å²) in [7, 11) is 0. The zero-order valence-electron chi connectivity index (χ0n) is 12.1. The average Bonchev–Trinajstić information content (AvgIpc) is 2.46. The molecule has 0 atom stereocenters. The molecule has 2 rings (SSSR count). The van der Waals surface area contributed by atoms with Crippen molar-refractivity contribution in [2.45, 2.75) is 20.5 Å². The monoisotopic (exact) mass is 303 g/mol. The third-order valence-electron chi connectivity index (χ3n) is 3.13. The minimum atomic E-state index is -0.0507. The van der Waals surface area contributed by atoms with E-state index in [1.807, 2.05) is 38.1 Å².